The van der Waals surface area contributed by atoms with Crippen LogP contribution in [0.3, 0.4) is 0 Å². The largest absolute Gasteiger partial charge is 0.496 e. The van der Waals surface area contributed by atoms with Gasteiger partial charge in [0.25, 0.3) is 0 Å². The first-order valence-electron chi connectivity index (χ1n) is 6.12. The molecule has 0 aliphatic carbocycles. The molecular weight excluding hydrogens is 254 g/mol. The monoisotopic (exact) mass is 269 g/mol. The van der Waals surface area contributed by atoms with Gasteiger partial charge < -0.3 is 9.84 Å². The number of hydrogen-bond acceptors (Lipinski definition) is 3. The zero-order chi connectivity index (χ0) is 14.5. The molecule has 1 heterocycles. The molecule has 20 heavy (non-hydrogen) atoms. The molecule has 0 saturated heterocycles. The van der Waals surface area contributed by atoms with E-state index in [0.29, 0.717) is 5.56 Å². The lowest BCUT2D eigenvalue weighted by Crippen LogP contribution is -2.00. The molecule has 4 nitrogen and oxygen atoms in total. The van der Waals surface area contributed by atoms with Crippen LogP contribution in [0, 0.1) is 6.92 Å². The summed E-state index contributed by atoms with van der Waals surface area (Å²) in [5.41, 5.74) is 2.58. The molecule has 4 heteroatoms. The number of nitrogens with zero attached hydrogens (tertiary/aromatic N) is 1. The van der Waals surface area contributed by atoms with Crippen LogP contribution >= 0.6 is 0 Å². The maximum atomic E-state index is 11.5. The van der Waals surface area contributed by atoms with Gasteiger partial charge in [0.05, 0.1) is 12.7 Å². The minimum Gasteiger partial charge on any atom is -0.496 e. The van der Waals surface area contributed by atoms with E-state index in [0.717, 1.165) is 16.9 Å². The summed E-state index contributed by atoms with van der Waals surface area (Å²) in [6, 6.07) is 8.85. The van der Waals surface area contributed by atoms with Crippen molar-refractivity contribution in [1.82, 2.24) is 4.98 Å². The summed E-state index contributed by atoms with van der Waals surface area (Å²) in [5, 5.41) is 9.39. The number of aromatic nitrogens is 1. The molecule has 1 aromatic heterocycles. The van der Waals surface area contributed by atoms with Crippen LogP contribution in [0.4, 0.5) is 0 Å². The number of ether oxygens (including phenoxy) is 1. The molecule has 2 aromatic rings. The van der Waals surface area contributed by atoms with Gasteiger partial charge in [0.2, 0.25) is 0 Å². The molecule has 0 radical (unpaired) electrons. The quantitative estimate of drug-likeness (QED) is 0.867. The average Bonchev–Trinajstić information content (AvgIpc) is 2.45. The molecule has 0 bridgehead atoms. The Morgan fingerprint density at radius 3 is 2.50 bits per heavy atom. The first-order chi connectivity index (χ1) is 9.61. The van der Waals surface area contributed by atoms with Crippen LogP contribution in [-0.4, -0.2) is 23.2 Å². The van der Waals surface area contributed by atoms with Crippen molar-refractivity contribution in [3.63, 3.8) is 0 Å². The summed E-state index contributed by atoms with van der Waals surface area (Å²) >= 11 is 0. The van der Waals surface area contributed by atoms with Gasteiger partial charge in [-0.2, -0.15) is 0 Å². The minimum absolute atomic E-state index is 0.238. The summed E-state index contributed by atoms with van der Waals surface area (Å²) in [4.78, 5) is 15.4. The zero-order valence-electron chi connectivity index (χ0n) is 11.3. The van der Waals surface area contributed by atoms with E-state index in [-0.39, 0.29) is 5.57 Å². The van der Waals surface area contributed by atoms with Gasteiger partial charge in [-0.1, -0.05) is 6.07 Å². The summed E-state index contributed by atoms with van der Waals surface area (Å²) in [6.07, 6.45) is 4.89. The second-order valence-corrected chi connectivity index (χ2v) is 4.33. The molecule has 0 spiro atoms. The lowest BCUT2D eigenvalue weighted by molar-refractivity contribution is -0.130. The Balaban J connectivity index is 2.47. The summed E-state index contributed by atoms with van der Waals surface area (Å²) in [7, 11) is 1.59. The normalized spacial score (nSPS) is 11.2. The van der Waals surface area contributed by atoms with E-state index in [1.807, 2.05) is 6.92 Å². The van der Waals surface area contributed by atoms with Crippen LogP contribution in [0.1, 0.15) is 16.7 Å². The molecule has 2 rings (SSSR count). The molecule has 1 N–H and O–H groups in total. The Bertz CT molecular complexity index is 648. The van der Waals surface area contributed by atoms with E-state index in [4.69, 9.17) is 4.74 Å². The number of aryl methyl sites for hydroxylation is 1. The van der Waals surface area contributed by atoms with Crippen molar-refractivity contribution in [3.8, 4) is 5.75 Å². The van der Waals surface area contributed by atoms with Gasteiger partial charge in [-0.3, -0.25) is 4.98 Å². The molecule has 0 saturated carbocycles. The Morgan fingerprint density at radius 2 is 1.95 bits per heavy atom. The van der Waals surface area contributed by atoms with E-state index < -0.39 is 5.97 Å². The third-order valence-corrected chi connectivity index (χ3v) is 2.95. The second kappa shape index (κ2) is 6.02. The first kappa shape index (κ1) is 13.8. The van der Waals surface area contributed by atoms with E-state index in [2.05, 4.69) is 4.98 Å². The lowest BCUT2D eigenvalue weighted by atomic mass is 10.0. The maximum absolute atomic E-state index is 11.5. The zero-order valence-corrected chi connectivity index (χ0v) is 11.3. The van der Waals surface area contributed by atoms with Crippen molar-refractivity contribution in [3.05, 3.63) is 59.4 Å². The van der Waals surface area contributed by atoms with E-state index in [1.165, 1.54) is 0 Å². The van der Waals surface area contributed by atoms with E-state index in [9.17, 15) is 9.90 Å². The number of benzene rings is 1. The topological polar surface area (TPSA) is 59.4 Å². The number of methoxy groups -OCH3 is 1. The van der Waals surface area contributed by atoms with Crippen LogP contribution in [-0.2, 0) is 4.79 Å². The fraction of sp³-hybridized carbons (Fsp3) is 0.125. The Hall–Kier alpha value is -2.62. The summed E-state index contributed by atoms with van der Waals surface area (Å²) < 4.78 is 5.18. The minimum atomic E-state index is -0.966. The SMILES string of the molecule is COc1ccc(/C(=C/c2ccncc2)C(=O)O)cc1C. The fourth-order valence-electron chi connectivity index (χ4n) is 1.94. The molecule has 0 fully saturated rings. The Labute approximate surface area is 117 Å². The molecule has 102 valence electrons. The highest BCUT2D eigenvalue weighted by atomic mass is 16.5. The molecular formula is C16H15NO3. The van der Waals surface area contributed by atoms with E-state index in [1.54, 1.807) is 55.9 Å². The van der Waals surface area contributed by atoms with Crippen LogP contribution in [0.5, 0.6) is 5.75 Å². The van der Waals surface area contributed by atoms with Gasteiger partial charge in [0.15, 0.2) is 0 Å². The van der Waals surface area contributed by atoms with Gasteiger partial charge >= 0.3 is 5.97 Å². The van der Waals surface area contributed by atoms with E-state index >= 15 is 0 Å². The highest BCUT2D eigenvalue weighted by Crippen LogP contribution is 2.24. The number of rotatable bonds is 4. The van der Waals surface area contributed by atoms with Crippen molar-refractivity contribution >= 4 is 17.6 Å². The highest BCUT2D eigenvalue weighted by Gasteiger charge is 2.12. The predicted octanol–water partition coefficient (Wildman–Crippen LogP) is 3.02. The first-order valence-corrected chi connectivity index (χ1v) is 6.12. The van der Waals surface area contributed by atoms with Crippen LogP contribution in [0.2, 0.25) is 0 Å². The number of hydrogen-bond donors (Lipinski definition) is 1. The fourth-order valence-corrected chi connectivity index (χ4v) is 1.94. The number of carbonyl (C=O) groups is 1. The van der Waals surface area contributed by atoms with Gasteiger partial charge in [0, 0.05) is 12.4 Å². The number of pyridine rings is 1. The smallest absolute Gasteiger partial charge is 0.336 e. The molecule has 1 aromatic carbocycles. The Morgan fingerprint density at radius 1 is 1.25 bits per heavy atom. The summed E-state index contributed by atoms with van der Waals surface area (Å²) in [6.45, 7) is 1.88. The van der Waals surface area contributed by atoms with Crippen molar-refractivity contribution in [2.45, 2.75) is 6.92 Å². The second-order valence-electron chi connectivity index (χ2n) is 4.33. The van der Waals surface area contributed by atoms with Gasteiger partial charge in [-0.05, 0) is 54.0 Å². The maximum Gasteiger partial charge on any atom is 0.336 e. The van der Waals surface area contributed by atoms with Gasteiger partial charge in [-0.25, -0.2) is 4.79 Å². The third-order valence-electron chi connectivity index (χ3n) is 2.95. The predicted molar refractivity (Wildman–Crippen MR) is 77.5 cm³/mol. The van der Waals surface area contributed by atoms with Crippen LogP contribution < -0.4 is 4.74 Å². The van der Waals surface area contributed by atoms with Crippen molar-refractivity contribution in [2.24, 2.45) is 0 Å². The van der Waals surface area contributed by atoms with Crippen LogP contribution in [0.15, 0.2) is 42.7 Å². The Kier molecular flexibility index (Phi) is 4.15. The standard InChI is InChI=1S/C16H15NO3/c1-11-9-13(3-4-15(11)20-2)14(16(18)19)10-12-5-7-17-8-6-12/h3-10H,1-2H3,(H,18,19)/b14-10-. The highest BCUT2D eigenvalue weighted by molar-refractivity contribution is 6.20. The lowest BCUT2D eigenvalue weighted by Gasteiger charge is -2.08. The summed E-state index contributed by atoms with van der Waals surface area (Å²) in [5.74, 6) is -0.228. The van der Waals surface area contributed by atoms with Crippen LogP contribution in [0.25, 0.3) is 11.6 Å². The van der Waals surface area contributed by atoms with Crippen molar-refractivity contribution in [2.75, 3.05) is 7.11 Å². The molecule has 0 aliphatic rings. The van der Waals surface area contributed by atoms with Crippen molar-refractivity contribution < 1.29 is 14.6 Å². The van der Waals surface area contributed by atoms with Gasteiger partial charge in [-0.15, -0.1) is 0 Å². The van der Waals surface area contributed by atoms with Gasteiger partial charge in [0.1, 0.15) is 5.75 Å². The molecule has 0 unspecified atom stereocenters. The van der Waals surface area contributed by atoms with Crippen molar-refractivity contribution in [1.29, 1.82) is 0 Å². The number of carboxylic acids is 1. The number of carboxylic acid groups (broad SMARTS) is 1. The number of aliphatic carboxylic acids is 1. The molecule has 0 amide bonds. The molecule has 0 aliphatic heterocycles. The molecule has 0 atom stereocenters. The average molecular weight is 269 g/mol. The third kappa shape index (κ3) is 3.03.